The van der Waals surface area contributed by atoms with Crippen molar-refractivity contribution in [2.24, 2.45) is 11.1 Å². The van der Waals surface area contributed by atoms with Crippen molar-refractivity contribution < 1.29 is 16.8 Å². The molecule has 0 amide bonds. The van der Waals surface area contributed by atoms with Crippen LogP contribution in [-0.2, 0) is 19.9 Å². The summed E-state index contributed by atoms with van der Waals surface area (Å²) in [4.78, 5) is 0. The van der Waals surface area contributed by atoms with Crippen molar-refractivity contribution in [3.05, 3.63) is 0 Å². The Bertz CT molecular complexity index is 422. The Kier molecular flexibility index (Phi) is 3.44. The van der Waals surface area contributed by atoms with Crippen LogP contribution in [0.1, 0.15) is 12.8 Å². The second kappa shape index (κ2) is 4.00. The third-order valence-electron chi connectivity index (χ3n) is 2.43. The Balaban J connectivity index is 2.51. The van der Waals surface area contributed by atoms with Crippen LogP contribution < -0.4 is 10.5 Å². The summed E-state index contributed by atoms with van der Waals surface area (Å²) in [5.41, 5.74) is 5.34. The van der Waals surface area contributed by atoms with Gasteiger partial charge in [0.05, 0.1) is 0 Å². The summed E-state index contributed by atoms with van der Waals surface area (Å²) in [5, 5.41) is -0.860. The Labute approximate surface area is 90.2 Å². The first-order valence-corrected chi connectivity index (χ1v) is 8.25. The van der Waals surface area contributed by atoms with E-state index < -0.39 is 24.9 Å². The van der Waals surface area contributed by atoms with Gasteiger partial charge in [-0.1, -0.05) is 0 Å². The summed E-state index contributed by atoms with van der Waals surface area (Å²) < 4.78 is 46.5. The molecule has 1 saturated carbocycles. The zero-order valence-electron chi connectivity index (χ0n) is 8.56. The minimum atomic E-state index is -3.74. The van der Waals surface area contributed by atoms with Crippen molar-refractivity contribution in [2.45, 2.75) is 12.8 Å². The van der Waals surface area contributed by atoms with Crippen molar-refractivity contribution >= 4 is 19.9 Å². The Hall–Kier alpha value is -0.180. The molecule has 90 valence electrons. The van der Waals surface area contributed by atoms with E-state index in [4.69, 9.17) is 5.73 Å². The molecule has 15 heavy (non-hydrogen) atoms. The number of hydrogen-bond donors (Lipinski definition) is 2. The van der Waals surface area contributed by atoms with Gasteiger partial charge in [-0.3, -0.25) is 0 Å². The highest BCUT2D eigenvalue weighted by atomic mass is 32.3. The van der Waals surface area contributed by atoms with Crippen LogP contribution in [0.2, 0.25) is 0 Å². The number of rotatable bonds is 6. The average molecular weight is 256 g/mol. The number of nitrogens with one attached hydrogen (secondary N) is 1. The minimum Gasteiger partial charge on any atom is -0.330 e. The fourth-order valence-electron chi connectivity index (χ4n) is 1.22. The molecule has 3 N–H and O–H groups in total. The topological polar surface area (TPSA) is 106 Å². The molecule has 0 radical (unpaired) electrons. The Morgan fingerprint density at radius 1 is 1.27 bits per heavy atom. The smallest absolute Gasteiger partial charge is 0.226 e. The lowest BCUT2D eigenvalue weighted by Crippen LogP contribution is -2.36. The fourth-order valence-corrected chi connectivity index (χ4v) is 4.33. The molecular formula is C7H16N2O4S2. The van der Waals surface area contributed by atoms with Crippen LogP contribution in [0.4, 0.5) is 0 Å². The van der Waals surface area contributed by atoms with Gasteiger partial charge in [0, 0.05) is 12.8 Å². The van der Waals surface area contributed by atoms with E-state index >= 15 is 0 Å². The molecule has 8 heteroatoms. The van der Waals surface area contributed by atoms with Crippen molar-refractivity contribution in [3.63, 3.8) is 0 Å². The van der Waals surface area contributed by atoms with Crippen molar-refractivity contribution in [1.82, 2.24) is 4.72 Å². The van der Waals surface area contributed by atoms with Gasteiger partial charge in [-0.25, -0.2) is 21.6 Å². The monoisotopic (exact) mass is 256 g/mol. The Morgan fingerprint density at radius 2 is 1.80 bits per heavy atom. The lowest BCUT2D eigenvalue weighted by Gasteiger charge is -2.12. The van der Waals surface area contributed by atoms with Crippen LogP contribution in [0.5, 0.6) is 0 Å². The molecule has 1 aliphatic carbocycles. The summed E-state index contributed by atoms with van der Waals surface area (Å²) in [5.74, 6) is 0. The zero-order valence-corrected chi connectivity index (χ0v) is 10.2. The molecule has 0 atom stereocenters. The molecular weight excluding hydrogens is 240 g/mol. The molecule has 0 aromatic heterocycles. The van der Waals surface area contributed by atoms with Gasteiger partial charge in [0.2, 0.25) is 10.0 Å². The normalized spacial score (nSPS) is 20.1. The molecule has 1 rings (SSSR count). The van der Waals surface area contributed by atoms with Gasteiger partial charge in [-0.05, 0) is 24.8 Å². The Morgan fingerprint density at radius 3 is 2.13 bits per heavy atom. The first-order chi connectivity index (χ1) is 6.68. The minimum absolute atomic E-state index is 0.134. The van der Waals surface area contributed by atoms with Gasteiger partial charge in [0.15, 0.2) is 14.9 Å². The number of sulfone groups is 1. The molecule has 0 spiro atoms. The number of sulfonamides is 1. The molecule has 1 fully saturated rings. The van der Waals surface area contributed by atoms with Gasteiger partial charge in [0.1, 0.15) is 0 Å². The highest BCUT2D eigenvalue weighted by Gasteiger charge is 2.41. The van der Waals surface area contributed by atoms with Crippen LogP contribution in [0.3, 0.4) is 0 Å². The first kappa shape index (κ1) is 12.9. The van der Waals surface area contributed by atoms with Crippen molar-refractivity contribution in [1.29, 1.82) is 0 Å². The SMILES string of the molecule is CS(=O)(=O)CS(=O)(=O)NCC1(CN)CC1. The second-order valence-corrected chi connectivity index (χ2v) is 8.50. The summed E-state index contributed by atoms with van der Waals surface area (Å²) in [6, 6.07) is 0. The highest BCUT2D eigenvalue weighted by Crippen LogP contribution is 2.43. The van der Waals surface area contributed by atoms with Gasteiger partial charge in [-0.15, -0.1) is 0 Å². The van der Waals surface area contributed by atoms with E-state index in [1.165, 1.54) is 0 Å². The van der Waals surface area contributed by atoms with Crippen molar-refractivity contribution in [3.8, 4) is 0 Å². The molecule has 0 heterocycles. The maximum Gasteiger partial charge on any atom is 0.226 e. The van der Waals surface area contributed by atoms with E-state index in [1.54, 1.807) is 0 Å². The van der Waals surface area contributed by atoms with Gasteiger partial charge in [0.25, 0.3) is 0 Å². The lowest BCUT2D eigenvalue weighted by atomic mass is 10.1. The molecule has 1 aliphatic rings. The molecule has 6 nitrogen and oxygen atoms in total. The van der Waals surface area contributed by atoms with E-state index in [1.807, 2.05) is 0 Å². The predicted octanol–water partition coefficient (Wildman–Crippen LogP) is -1.35. The molecule has 0 aromatic carbocycles. The van der Waals surface area contributed by atoms with Gasteiger partial charge >= 0.3 is 0 Å². The summed E-state index contributed by atoms with van der Waals surface area (Å²) in [6.45, 7) is 0.662. The molecule has 0 aliphatic heterocycles. The summed E-state index contributed by atoms with van der Waals surface area (Å²) >= 11 is 0. The van der Waals surface area contributed by atoms with Crippen LogP contribution in [0, 0.1) is 5.41 Å². The predicted molar refractivity (Wildman–Crippen MR) is 57.4 cm³/mol. The highest BCUT2D eigenvalue weighted by molar-refractivity contribution is 8.06. The number of hydrogen-bond acceptors (Lipinski definition) is 5. The summed E-state index contributed by atoms with van der Waals surface area (Å²) in [6.07, 6.45) is 2.68. The second-order valence-electron chi connectivity index (χ2n) is 4.18. The van der Waals surface area contributed by atoms with Crippen LogP contribution >= 0.6 is 0 Å². The molecule has 0 unspecified atom stereocenters. The fraction of sp³-hybridized carbons (Fsp3) is 1.00. The van der Waals surface area contributed by atoms with Crippen molar-refractivity contribution in [2.75, 3.05) is 24.4 Å². The quantitative estimate of drug-likeness (QED) is 0.611. The maximum atomic E-state index is 11.3. The van der Waals surface area contributed by atoms with Crippen LogP contribution in [0.25, 0.3) is 0 Å². The standard InChI is InChI=1S/C7H16N2O4S2/c1-14(10,11)6-15(12,13)9-5-7(4-8)2-3-7/h9H,2-6,8H2,1H3. The van der Waals surface area contributed by atoms with E-state index in [9.17, 15) is 16.8 Å². The average Bonchev–Trinajstić information content (AvgIpc) is 2.77. The van der Waals surface area contributed by atoms with Crippen LogP contribution in [-0.4, -0.2) is 41.3 Å². The third kappa shape index (κ3) is 4.45. The largest absolute Gasteiger partial charge is 0.330 e. The molecule has 0 saturated heterocycles. The molecule has 0 aromatic rings. The first-order valence-electron chi connectivity index (χ1n) is 4.53. The summed E-state index contributed by atoms with van der Waals surface area (Å²) in [7, 11) is -7.25. The van der Waals surface area contributed by atoms with Gasteiger partial charge in [-0.2, -0.15) is 0 Å². The maximum absolute atomic E-state index is 11.3. The van der Waals surface area contributed by atoms with Gasteiger partial charge < -0.3 is 5.73 Å². The van der Waals surface area contributed by atoms with E-state index in [0.717, 1.165) is 19.1 Å². The van der Waals surface area contributed by atoms with E-state index in [-0.39, 0.29) is 12.0 Å². The zero-order chi connectivity index (χ0) is 11.7. The third-order valence-corrected chi connectivity index (χ3v) is 5.96. The molecule has 0 bridgehead atoms. The van der Waals surface area contributed by atoms with E-state index in [0.29, 0.717) is 6.54 Å². The van der Waals surface area contributed by atoms with Crippen LogP contribution in [0.15, 0.2) is 0 Å². The number of nitrogens with two attached hydrogens (primary N) is 1. The lowest BCUT2D eigenvalue weighted by molar-refractivity contribution is 0.502. The van der Waals surface area contributed by atoms with E-state index in [2.05, 4.69) is 4.72 Å².